The average Bonchev–Trinajstić information content (AvgIpc) is 2.43. The Morgan fingerprint density at radius 1 is 1.16 bits per heavy atom. The van der Waals surface area contributed by atoms with Gasteiger partial charge in [-0.3, -0.25) is 0 Å². The minimum Gasteiger partial charge on any atom is -0.486 e. The zero-order valence-electron chi connectivity index (χ0n) is 11.0. The van der Waals surface area contributed by atoms with Gasteiger partial charge in [-0.15, -0.1) is 0 Å². The van der Waals surface area contributed by atoms with Crippen LogP contribution in [0.2, 0.25) is 0 Å². The fraction of sp³-hybridized carbons (Fsp3) is 0.538. The summed E-state index contributed by atoms with van der Waals surface area (Å²) < 4.78 is 37.5. The molecule has 0 aromatic heterocycles. The van der Waals surface area contributed by atoms with E-state index >= 15 is 0 Å². The minimum atomic E-state index is -3.46. The number of unbranched alkanes of at least 4 members (excludes halogenated alkanes) is 2. The molecule has 1 aromatic carbocycles. The molecule has 1 aromatic rings. The molecule has 0 aliphatic carbocycles. The van der Waals surface area contributed by atoms with Crippen LogP contribution < -0.4 is 14.2 Å². The zero-order chi connectivity index (χ0) is 13.7. The molecule has 0 saturated carbocycles. The third-order valence-corrected chi connectivity index (χ3v) is 4.36. The number of hydrogen-bond donors (Lipinski definition) is 1. The smallest absolute Gasteiger partial charge is 0.240 e. The first kappa shape index (κ1) is 14.1. The van der Waals surface area contributed by atoms with Crippen LogP contribution in [0.15, 0.2) is 23.1 Å². The Labute approximate surface area is 114 Å². The molecule has 19 heavy (non-hydrogen) atoms. The predicted octanol–water partition coefficient (Wildman–Crippen LogP) is 1.93. The summed E-state index contributed by atoms with van der Waals surface area (Å²) in [6.45, 7) is 3.48. The van der Waals surface area contributed by atoms with E-state index in [1.54, 1.807) is 6.07 Å². The summed E-state index contributed by atoms with van der Waals surface area (Å²) in [5, 5.41) is 0. The van der Waals surface area contributed by atoms with Gasteiger partial charge in [0.05, 0.1) is 4.90 Å². The number of rotatable bonds is 6. The SMILES string of the molecule is CCCCCNS(=O)(=O)c1ccc2c(c1)OCCO2. The van der Waals surface area contributed by atoms with Crippen molar-refractivity contribution in [2.45, 2.75) is 31.1 Å². The van der Waals surface area contributed by atoms with Crippen molar-refractivity contribution in [3.05, 3.63) is 18.2 Å². The van der Waals surface area contributed by atoms with E-state index < -0.39 is 10.0 Å². The van der Waals surface area contributed by atoms with Crippen LogP contribution in [0.25, 0.3) is 0 Å². The standard InChI is InChI=1S/C13H19NO4S/c1-2-3-4-7-14-19(15,16)11-5-6-12-13(10-11)18-9-8-17-12/h5-6,10,14H,2-4,7-9H2,1H3. The Bertz CT molecular complexity index is 527. The second kappa shape index (κ2) is 6.25. The summed E-state index contributed by atoms with van der Waals surface area (Å²) in [4.78, 5) is 0.216. The van der Waals surface area contributed by atoms with Gasteiger partial charge in [0.1, 0.15) is 13.2 Å². The van der Waals surface area contributed by atoms with Crippen molar-refractivity contribution in [1.29, 1.82) is 0 Å². The highest BCUT2D eigenvalue weighted by Crippen LogP contribution is 2.32. The molecule has 2 rings (SSSR count). The monoisotopic (exact) mass is 285 g/mol. The molecule has 0 fully saturated rings. The molecule has 1 aliphatic rings. The van der Waals surface area contributed by atoms with Gasteiger partial charge >= 0.3 is 0 Å². The maximum atomic E-state index is 12.1. The molecule has 0 amide bonds. The van der Waals surface area contributed by atoms with E-state index in [4.69, 9.17) is 9.47 Å². The molecule has 0 saturated heterocycles. The number of fused-ring (bicyclic) bond motifs is 1. The van der Waals surface area contributed by atoms with Crippen molar-refractivity contribution in [3.63, 3.8) is 0 Å². The third kappa shape index (κ3) is 3.61. The van der Waals surface area contributed by atoms with Crippen LogP contribution in [0.3, 0.4) is 0 Å². The summed E-state index contributed by atoms with van der Waals surface area (Å²) in [5.41, 5.74) is 0. The Balaban J connectivity index is 2.07. The molecular formula is C13H19NO4S. The highest BCUT2D eigenvalue weighted by molar-refractivity contribution is 7.89. The topological polar surface area (TPSA) is 64.6 Å². The van der Waals surface area contributed by atoms with Crippen LogP contribution in [-0.2, 0) is 10.0 Å². The molecule has 0 atom stereocenters. The summed E-state index contributed by atoms with van der Waals surface area (Å²) in [6, 6.07) is 4.68. The fourth-order valence-corrected chi connectivity index (χ4v) is 2.94. The van der Waals surface area contributed by atoms with E-state index in [0.717, 1.165) is 19.3 Å². The predicted molar refractivity (Wildman–Crippen MR) is 72.1 cm³/mol. The van der Waals surface area contributed by atoms with Gasteiger partial charge in [-0.2, -0.15) is 0 Å². The summed E-state index contributed by atoms with van der Waals surface area (Å²) >= 11 is 0. The number of sulfonamides is 1. The first-order valence-electron chi connectivity index (χ1n) is 6.53. The Morgan fingerprint density at radius 3 is 2.63 bits per heavy atom. The van der Waals surface area contributed by atoms with Crippen LogP contribution >= 0.6 is 0 Å². The second-order valence-electron chi connectivity index (χ2n) is 4.41. The lowest BCUT2D eigenvalue weighted by atomic mass is 10.3. The first-order chi connectivity index (χ1) is 9.13. The molecular weight excluding hydrogens is 266 g/mol. The van der Waals surface area contributed by atoms with Crippen molar-refractivity contribution < 1.29 is 17.9 Å². The Kier molecular flexibility index (Phi) is 4.66. The number of benzene rings is 1. The van der Waals surface area contributed by atoms with Gasteiger partial charge in [0, 0.05) is 12.6 Å². The highest BCUT2D eigenvalue weighted by Gasteiger charge is 2.18. The molecule has 0 bridgehead atoms. The van der Waals surface area contributed by atoms with E-state index in [1.165, 1.54) is 12.1 Å². The highest BCUT2D eigenvalue weighted by atomic mass is 32.2. The second-order valence-corrected chi connectivity index (χ2v) is 6.18. The van der Waals surface area contributed by atoms with Crippen LogP contribution in [-0.4, -0.2) is 28.2 Å². The molecule has 0 unspecified atom stereocenters. The quantitative estimate of drug-likeness (QED) is 0.811. The maximum absolute atomic E-state index is 12.1. The molecule has 1 aliphatic heterocycles. The summed E-state index contributed by atoms with van der Waals surface area (Å²) in [6.07, 6.45) is 2.93. The van der Waals surface area contributed by atoms with Gasteiger partial charge in [-0.1, -0.05) is 19.8 Å². The molecule has 1 N–H and O–H groups in total. The fourth-order valence-electron chi connectivity index (χ4n) is 1.86. The van der Waals surface area contributed by atoms with Gasteiger partial charge in [-0.25, -0.2) is 13.1 Å². The van der Waals surface area contributed by atoms with Crippen molar-refractivity contribution in [1.82, 2.24) is 4.72 Å². The van der Waals surface area contributed by atoms with Crippen LogP contribution in [0.5, 0.6) is 11.5 Å². The van der Waals surface area contributed by atoms with E-state index in [2.05, 4.69) is 11.6 Å². The molecule has 5 nitrogen and oxygen atoms in total. The average molecular weight is 285 g/mol. The lowest BCUT2D eigenvalue weighted by Gasteiger charge is -2.18. The van der Waals surface area contributed by atoms with E-state index in [0.29, 0.717) is 31.3 Å². The third-order valence-electron chi connectivity index (χ3n) is 2.90. The lowest BCUT2D eigenvalue weighted by Crippen LogP contribution is -2.25. The Morgan fingerprint density at radius 2 is 1.89 bits per heavy atom. The van der Waals surface area contributed by atoms with Gasteiger partial charge in [0.25, 0.3) is 0 Å². The van der Waals surface area contributed by atoms with Gasteiger partial charge in [0.2, 0.25) is 10.0 Å². The number of nitrogens with one attached hydrogen (secondary N) is 1. The van der Waals surface area contributed by atoms with Crippen molar-refractivity contribution in [2.24, 2.45) is 0 Å². The van der Waals surface area contributed by atoms with Gasteiger partial charge in [-0.05, 0) is 18.6 Å². The summed E-state index contributed by atoms with van der Waals surface area (Å²) in [5.74, 6) is 1.08. The van der Waals surface area contributed by atoms with Crippen molar-refractivity contribution in [3.8, 4) is 11.5 Å². The number of hydrogen-bond acceptors (Lipinski definition) is 4. The maximum Gasteiger partial charge on any atom is 0.240 e. The molecule has 106 valence electrons. The van der Waals surface area contributed by atoms with Crippen LogP contribution in [0, 0.1) is 0 Å². The van der Waals surface area contributed by atoms with E-state index in [9.17, 15) is 8.42 Å². The molecule has 0 spiro atoms. The lowest BCUT2D eigenvalue weighted by molar-refractivity contribution is 0.171. The molecule has 6 heteroatoms. The van der Waals surface area contributed by atoms with Crippen molar-refractivity contribution in [2.75, 3.05) is 19.8 Å². The summed E-state index contributed by atoms with van der Waals surface area (Å²) in [7, 11) is -3.46. The molecule has 1 heterocycles. The first-order valence-corrected chi connectivity index (χ1v) is 8.01. The zero-order valence-corrected chi connectivity index (χ0v) is 11.8. The molecule has 0 radical (unpaired) electrons. The minimum absolute atomic E-state index is 0.216. The van der Waals surface area contributed by atoms with E-state index in [1.807, 2.05) is 0 Å². The van der Waals surface area contributed by atoms with Gasteiger partial charge < -0.3 is 9.47 Å². The normalized spacial score (nSPS) is 14.4. The van der Waals surface area contributed by atoms with Crippen LogP contribution in [0.1, 0.15) is 26.2 Å². The number of ether oxygens (including phenoxy) is 2. The van der Waals surface area contributed by atoms with E-state index in [-0.39, 0.29) is 4.90 Å². The largest absolute Gasteiger partial charge is 0.486 e. The van der Waals surface area contributed by atoms with Gasteiger partial charge in [0.15, 0.2) is 11.5 Å². The Hall–Kier alpha value is -1.27. The van der Waals surface area contributed by atoms with Crippen molar-refractivity contribution >= 4 is 10.0 Å². The van der Waals surface area contributed by atoms with Crippen LogP contribution in [0.4, 0.5) is 0 Å².